The van der Waals surface area contributed by atoms with Gasteiger partial charge in [-0.15, -0.1) is 0 Å². The van der Waals surface area contributed by atoms with E-state index in [0.717, 1.165) is 18.1 Å². The van der Waals surface area contributed by atoms with Crippen molar-refractivity contribution in [3.8, 4) is 0 Å². The van der Waals surface area contributed by atoms with Gasteiger partial charge in [0.2, 0.25) is 0 Å². The Bertz CT molecular complexity index is 232. The lowest BCUT2D eigenvalue weighted by molar-refractivity contribution is 0.153. The maximum atomic E-state index is 3.43. The van der Waals surface area contributed by atoms with E-state index in [-0.39, 0.29) is 0 Å². The SMILES string of the molecule is CCN(CC)C1CCN(C2CCC(NC)CC2)C1. The summed E-state index contributed by atoms with van der Waals surface area (Å²) in [6.07, 6.45) is 6.92. The molecular formula is C15H31N3. The van der Waals surface area contributed by atoms with E-state index >= 15 is 0 Å². The van der Waals surface area contributed by atoms with Crippen molar-refractivity contribution in [3.05, 3.63) is 0 Å². The van der Waals surface area contributed by atoms with Gasteiger partial charge in [0.25, 0.3) is 0 Å². The number of nitrogens with zero attached hydrogens (tertiary/aromatic N) is 2. The van der Waals surface area contributed by atoms with Crippen molar-refractivity contribution >= 4 is 0 Å². The van der Waals surface area contributed by atoms with Crippen LogP contribution in [0.3, 0.4) is 0 Å². The highest BCUT2D eigenvalue weighted by atomic mass is 15.3. The third kappa shape index (κ3) is 3.25. The Labute approximate surface area is 113 Å². The van der Waals surface area contributed by atoms with Gasteiger partial charge in [-0.05, 0) is 52.2 Å². The van der Waals surface area contributed by atoms with Gasteiger partial charge in [0.05, 0.1) is 0 Å². The van der Waals surface area contributed by atoms with Crippen molar-refractivity contribution in [2.45, 2.75) is 64.1 Å². The van der Waals surface area contributed by atoms with Crippen molar-refractivity contribution < 1.29 is 0 Å². The van der Waals surface area contributed by atoms with Gasteiger partial charge in [0.15, 0.2) is 0 Å². The Morgan fingerprint density at radius 3 is 2.28 bits per heavy atom. The zero-order valence-electron chi connectivity index (χ0n) is 12.5. The van der Waals surface area contributed by atoms with Crippen LogP contribution in [0.1, 0.15) is 46.0 Å². The zero-order chi connectivity index (χ0) is 13.0. The minimum Gasteiger partial charge on any atom is -0.317 e. The molecule has 2 rings (SSSR count). The van der Waals surface area contributed by atoms with Crippen molar-refractivity contribution in [1.82, 2.24) is 15.1 Å². The molecule has 3 nitrogen and oxygen atoms in total. The normalized spacial score (nSPS) is 34.3. The van der Waals surface area contributed by atoms with E-state index in [2.05, 4.69) is 36.0 Å². The predicted molar refractivity (Wildman–Crippen MR) is 78.0 cm³/mol. The molecule has 0 amide bonds. The van der Waals surface area contributed by atoms with Crippen LogP contribution in [0, 0.1) is 0 Å². The summed E-state index contributed by atoms with van der Waals surface area (Å²) in [6.45, 7) is 9.66. The standard InChI is InChI=1S/C15H31N3/c1-4-17(5-2)15-10-11-18(12-15)14-8-6-13(16-3)7-9-14/h13-16H,4-12H2,1-3H3. The summed E-state index contributed by atoms with van der Waals surface area (Å²) < 4.78 is 0. The molecule has 2 aliphatic rings. The van der Waals surface area contributed by atoms with Crippen LogP contribution in [-0.2, 0) is 0 Å². The molecular weight excluding hydrogens is 222 g/mol. The Kier molecular flexibility index (Phi) is 5.46. The summed E-state index contributed by atoms with van der Waals surface area (Å²) in [7, 11) is 2.11. The highest BCUT2D eigenvalue weighted by molar-refractivity contribution is 4.89. The molecule has 0 aromatic heterocycles. The Morgan fingerprint density at radius 1 is 1.06 bits per heavy atom. The van der Waals surface area contributed by atoms with E-state index in [1.54, 1.807) is 0 Å². The molecule has 1 aliphatic heterocycles. The number of likely N-dealkylation sites (N-methyl/N-ethyl adjacent to an activating group) is 1. The minimum atomic E-state index is 0.780. The summed E-state index contributed by atoms with van der Waals surface area (Å²) >= 11 is 0. The van der Waals surface area contributed by atoms with E-state index < -0.39 is 0 Å². The molecule has 0 bridgehead atoms. The molecule has 1 heterocycles. The lowest BCUT2D eigenvalue weighted by atomic mass is 9.90. The topological polar surface area (TPSA) is 18.5 Å². The molecule has 2 fully saturated rings. The van der Waals surface area contributed by atoms with Gasteiger partial charge in [-0.2, -0.15) is 0 Å². The van der Waals surface area contributed by atoms with Crippen LogP contribution in [0.5, 0.6) is 0 Å². The van der Waals surface area contributed by atoms with Gasteiger partial charge in [-0.1, -0.05) is 13.8 Å². The van der Waals surface area contributed by atoms with Crippen LogP contribution in [0.4, 0.5) is 0 Å². The van der Waals surface area contributed by atoms with Crippen LogP contribution in [0.25, 0.3) is 0 Å². The first-order valence-corrected chi connectivity index (χ1v) is 7.93. The quantitative estimate of drug-likeness (QED) is 0.808. The molecule has 1 saturated carbocycles. The second kappa shape index (κ2) is 6.88. The largest absolute Gasteiger partial charge is 0.317 e. The van der Waals surface area contributed by atoms with Crippen LogP contribution in [-0.4, -0.2) is 61.2 Å². The van der Waals surface area contributed by atoms with Crippen LogP contribution in [0.15, 0.2) is 0 Å². The second-order valence-corrected chi connectivity index (χ2v) is 5.95. The monoisotopic (exact) mass is 253 g/mol. The molecule has 106 valence electrons. The highest BCUT2D eigenvalue weighted by Crippen LogP contribution is 2.27. The Balaban J connectivity index is 1.79. The zero-order valence-corrected chi connectivity index (χ0v) is 12.5. The van der Waals surface area contributed by atoms with E-state index in [4.69, 9.17) is 0 Å². The van der Waals surface area contributed by atoms with E-state index in [0.29, 0.717) is 0 Å². The average Bonchev–Trinajstić information content (AvgIpc) is 2.90. The molecule has 18 heavy (non-hydrogen) atoms. The van der Waals surface area contributed by atoms with Crippen LogP contribution >= 0.6 is 0 Å². The summed E-state index contributed by atoms with van der Waals surface area (Å²) in [6, 6.07) is 2.47. The molecule has 0 aromatic rings. The minimum absolute atomic E-state index is 0.780. The fraction of sp³-hybridized carbons (Fsp3) is 1.00. The van der Waals surface area contributed by atoms with E-state index in [1.165, 1.54) is 58.3 Å². The number of hydrogen-bond acceptors (Lipinski definition) is 3. The lowest BCUT2D eigenvalue weighted by Crippen LogP contribution is -2.43. The molecule has 1 unspecified atom stereocenters. The number of rotatable bonds is 5. The molecule has 1 atom stereocenters. The van der Waals surface area contributed by atoms with Crippen molar-refractivity contribution in [2.24, 2.45) is 0 Å². The van der Waals surface area contributed by atoms with Gasteiger partial charge in [-0.25, -0.2) is 0 Å². The third-order valence-electron chi connectivity index (χ3n) is 5.14. The Morgan fingerprint density at radius 2 is 1.72 bits per heavy atom. The molecule has 1 aliphatic carbocycles. The molecule has 0 aromatic carbocycles. The molecule has 1 N–H and O–H groups in total. The summed E-state index contributed by atoms with van der Waals surface area (Å²) in [5, 5.41) is 3.43. The van der Waals surface area contributed by atoms with Crippen LogP contribution in [0.2, 0.25) is 0 Å². The van der Waals surface area contributed by atoms with Crippen molar-refractivity contribution in [2.75, 3.05) is 33.2 Å². The maximum Gasteiger partial charge on any atom is 0.0235 e. The smallest absolute Gasteiger partial charge is 0.0235 e. The highest BCUT2D eigenvalue weighted by Gasteiger charge is 2.32. The van der Waals surface area contributed by atoms with Gasteiger partial charge in [0, 0.05) is 31.2 Å². The number of hydrogen-bond donors (Lipinski definition) is 1. The van der Waals surface area contributed by atoms with Gasteiger partial charge in [0.1, 0.15) is 0 Å². The van der Waals surface area contributed by atoms with Gasteiger partial charge < -0.3 is 5.32 Å². The third-order valence-corrected chi connectivity index (χ3v) is 5.14. The first kappa shape index (κ1) is 14.3. The summed E-state index contributed by atoms with van der Waals surface area (Å²) in [5.74, 6) is 0. The molecule has 0 radical (unpaired) electrons. The summed E-state index contributed by atoms with van der Waals surface area (Å²) in [5.41, 5.74) is 0. The number of likely N-dealkylation sites (tertiary alicyclic amines) is 1. The van der Waals surface area contributed by atoms with Crippen molar-refractivity contribution in [1.29, 1.82) is 0 Å². The number of nitrogens with one attached hydrogen (secondary N) is 1. The van der Waals surface area contributed by atoms with Crippen LogP contribution < -0.4 is 5.32 Å². The van der Waals surface area contributed by atoms with Gasteiger partial charge >= 0.3 is 0 Å². The fourth-order valence-corrected chi connectivity index (χ4v) is 3.87. The van der Waals surface area contributed by atoms with Gasteiger partial charge in [-0.3, -0.25) is 9.80 Å². The van der Waals surface area contributed by atoms with E-state index in [9.17, 15) is 0 Å². The first-order valence-electron chi connectivity index (χ1n) is 7.93. The Hall–Kier alpha value is -0.120. The van der Waals surface area contributed by atoms with Crippen molar-refractivity contribution in [3.63, 3.8) is 0 Å². The predicted octanol–water partition coefficient (Wildman–Crippen LogP) is 1.93. The molecule has 1 saturated heterocycles. The first-order chi connectivity index (χ1) is 8.78. The maximum absolute atomic E-state index is 3.43. The molecule has 3 heteroatoms. The fourth-order valence-electron chi connectivity index (χ4n) is 3.87. The molecule has 0 spiro atoms. The lowest BCUT2D eigenvalue weighted by Gasteiger charge is -2.35. The average molecular weight is 253 g/mol. The summed E-state index contributed by atoms with van der Waals surface area (Å²) in [4.78, 5) is 5.41. The van der Waals surface area contributed by atoms with E-state index in [1.807, 2.05) is 0 Å². The second-order valence-electron chi connectivity index (χ2n) is 5.95.